The molecule has 0 amide bonds. The van der Waals surface area contributed by atoms with Gasteiger partial charge in [0.1, 0.15) is 5.75 Å². The lowest BCUT2D eigenvalue weighted by molar-refractivity contribution is -0.274. The molecule has 0 aromatic heterocycles. The quantitative estimate of drug-likeness (QED) is 0.840. The van der Waals surface area contributed by atoms with Gasteiger partial charge in [-0.25, -0.2) is 0 Å². The van der Waals surface area contributed by atoms with Crippen LogP contribution in [0.2, 0.25) is 0 Å². The molecular formula is C12H14F3NO3. The first-order chi connectivity index (χ1) is 8.83. The van der Waals surface area contributed by atoms with E-state index in [0.717, 1.165) is 6.07 Å². The van der Waals surface area contributed by atoms with E-state index in [4.69, 9.17) is 10.5 Å². The second-order valence-corrected chi connectivity index (χ2v) is 3.70. The Morgan fingerprint density at radius 3 is 2.58 bits per heavy atom. The minimum absolute atomic E-state index is 0.105. The Balaban J connectivity index is 2.84. The van der Waals surface area contributed by atoms with Gasteiger partial charge in [0.25, 0.3) is 0 Å². The first kappa shape index (κ1) is 15.3. The predicted molar refractivity (Wildman–Crippen MR) is 61.3 cm³/mol. The van der Waals surface area contributed by atoms with Crippen LogP contribution >= 0.6 is 0 Å². The van der Waals surface area contributed by atoms with Crippen molar-refractivity contribution < 1.29 is 27.4 Å². The molecule has 106 valence electrons. The van der Waals surface area contributed by atoms with E-state index in [1.54, 1.807) is 6.92 Å². The van der Waals surface area contributed by atoms with E-state index < -0.39 is 24.1 Å². The van der Waals surface area contributed by atoms with Gasteiger partial charge in [-0.3, -0.25) is 4.79 Å². The summed E-state index contributed by atoms with van der Waals surface area (Å²) >= 11 is 0. The van der Waals surface area contributed by atoms with Crippen LogP contribution in [-0.4, -0.2) is 18.9 Å². The second-order valence-electron chi connectivity index (χ2n) is 3.70. The number of carbonyl (C=O) groups excluding carboxylic acids is 1. The molecule has 0 aliphatic carbocycles. The summed E-state index contributed by atoms with van der Waals surface area (Å²) in [5.74, 6) is -0.983. The molecule has 0 heterocycles. The van der Waals surface area contributed by atoms with Crippen LogP contribution in [-0.2, 0) is 9.53 Å². The molecule has 0 saturated carbocycles. The standard InChI is InChI=1S/C12H14F3NO3/c1-2-18-11(17)7-9(16)8-5-3-4-6-10(8)19-12(13,14)15/h3-6,9H,2,7,16H2,1H3/t9-/m1/s1. The van der Waals surface area contributed by atoms with Gasteiger partial charge in [0.15, 0.2) is 0 Å². The maximum Gasteiger partial charge on any atom is 0.573 e. The lowest BCUT2D eigenvalue weighted by atomic mass is 10.0. The molecule has 0 fully saturated rings. The number of hydrogen-bond acceptors (Lipinski definition) is 4. The van der Waals surface area contributed by atoms with Crippen molar-refractivity contribution in [2.24, 2.45) is 5.73 Å². The van der Waals surface area contributed by atoms with Gasteiger partial charge in [0, 0.05) is 11.6 Å². The van der Waals surface area contributed by atoms with E-state index in [0.29, 0.717) is 0 Å². The average molecular weight is 277 g/mol. The number of rotatable bonds is 5. The summed E-state index contributed by atoms with van der Waals surface area (Å²) in [5.41, 5.74) is 5.80. The fourth-order valence-electron chi connectivity index (χ4n) is 1.51. The van der Waals surface area contributed by atoms with Crippen LogP contribution in [0.4, 0.5) is 13.2 Å². The molecule has 0 spiro atoms. The Labute approximate surface area is 108 Å². The molecule has 0 bridgehead atoms. The zero-order valence-corrected chi connectivity index (χ0v) is 10.2. The van der Waals surface area contributed by atoms with Crippen LogP contribution in [0, 0.1) is 0 Å². The van der Waals surface area contributed by atoms with Crippen molar-refractivity contribution in [2.75, 3.05) is 6.61 Å². The van der Waals surface area contributed by atoms with Crippen LogP contribution in [0.25, 0.3) is 0 Å². The van der Waals surface area contributed by atoms with Crippen molar-refractivity contribution in [1.82, 2.24) is 0 Å². The van der Waals surface area contributed by atoms with E-state index in [1.807, 2.05) is 0 Å². The first-order valence-electron chi connectivity index (χ1n) is 5.59. The van der Waals surface area contributed by atoms with Gasteiger partial charge < -0.3 is 15.2 Å². The van der Waals surface area contributed by atoms with Gasteiger partial charge in [-0.2, -0.15) is 0 Å². The van der Waals surface area contributed by atoms with E-state index >= 15 is 0 Å². The van der Waals surface area contributed by atoms with E-state index in [-0.39, 0.29) is 18.6 Å². The zero-order chi connectivity index (χ0) is 14.5. The van der Waals surface area contributed by atoms with Crippen LogP contribution < -0.4 is 10.5 Å². The van der Waals surface area contributed by atoms with Crippen molar-refractivity contribution >= 4 is 5.97 Å². The third kappa shape index (κ3) is 5.17. The van der Waals surface area contributed by atoms with E-state index in [9.17, 15) is 18.0 Å². The van der Waals surface area contributed by atoms with Crippen molar-refractivity contribution in [3.63, 3.8) is 0 Å². The Kier molecular flexibility index (Phi) is 5.17. The molecule has 0 aliphatic heterocycles. The molecule has 7 heteroatoms. The van der Waals surface area contributed by atoms with Crippen LogP contribution in [0.1, 0.15) is 24.9 Å². The Morgan fingerprint density at radius 2 is 2.00 bits per heavy atom. The normalized spacial score (nSPS) is 12.9. The lowest BCUT2D eigenvalue weighted by Crippen LogP contribution is -2.22. The first-order valence-corrected chi connectivity index (χ1v) is 5.59. The summed E-state index contributed by atoms with van der Waals surface area (Å²) in [6, 6.07) is 4.52. The fourth-order valence-corrected chi connectivity index (χ4v) is 1.51. The van der Waals surface area contributed by atoms with Crippen molar-refractivity contribution in [1.29, 1.82) is 0 Å². The minimum atomic E-state index is -4.81. The highest BCUT2D eigenvalue weighted by atomic mass is 19.4. The van der Waals surface area contributed by atoms with Crippen LogP contribution in [0.3, 0.4) is 0 Å². The SMILES string of the molecule is CCOC(=O)C[C@@H](N)c1ccccc1OC(F)(F)F. The molecule has 0 saturated heterocycles. The number of esters is 1. The summed E-state index contributed by atoms with van der Waals surface area (Å²) in [7, 11) is 0. The van der Waals surface area contributed by atoms with Gasteiger partial charge in [-0.05, 0) is 13.0 Å². The highest BCUT2D eigenvalue weighted by Gasteiger charge is 2.32. The number of hydrogen-bond donors (Lipinski definition) is 1. The van der Waals surface area contributed by atoms with Crippen molar-refractivity contribution in [3.05, 3.63) is 29.8 Å². The molecular weight excluding hydrogens is 263 g/mol. The number of benzene rings is 1. The number of halogens is 3. The van der Waals surface area contributed by atoms with Gasteiger partial charge in [0.05, 0.1) is 13.0 Å². The van der Waals surface area contributed by atoms with Crippen LogP contribution in [0.15, 0.2) is 24.3 Å². The maximum atomic E-state index is 12.2. The Morgan fingerprint density at radius 1 is 1.37 bits per heavy atom. The fraction of sp³-hybridized carbons (Fsp3) is 0.417. The molecule has 1 atom stereocenters. The molecule has 0 aliphatic rings. The summed E-state index contributed by atoms with van der Waals surface area (Å²) in [6.45, 7) is 1.82. The molecule has 1 aromatic carbocycles. The third-order valence-corrected chi connectivity index (χ3v) is 2.24. The van der Waals surface area contributed by atoms with Crippen LogP contribution in [0.5, 0.6) is 5.75 Å². The maximum absolute atomic E-state index is 12.2. The molecule has 19 heavy (non-hydrogen) atoms. The highest BCUT2D eigenvalue weighted by Crippen LogP contribution is 2.30. The largest absolute Gasteiger partial charge is 0.573 e. The second kappa shape index (κ2) is 6.42. The molecule has 0 unspecified atom stereocenters. The summed E-state index contributed by atoms with van der Waals surface area (Å²) in [6.07, 6.45) is -5.02. The molecule has 0 radical (unpaired) electrons. The van der Waals surface area contributed by atoms with Crippen molar-refractivity contribution in [3.8, 4) is 5.75 Å². The summed E-state index contributed by atoms with van der Waals surface area (Å²) in [4.78, 5) is 11.3. The third-order valence-electron chi connectivity index (χ3n) is 2.24. The Bertz CT molecular complexity index is 434. The van der Waals surface area contributed by atoms with Gasteiger partial charge in [-0.1, -0.05) is 18.2 Å². The smallest absolute Gasteiger partial charge is 0.466 e. The highest BCUT2D eigenvalue weighted by molar-refractivity contribution is 5.70. The van der Waals surface area contributed by atoms with E-state index in [2.05, 4.69) is 4.74 Å². The monoisotopic (exact) mass is 277 g/mol. The topological polar surface area (TPSA) is 61.5 Å². The molecule has 1 rings (SSSR count). The number of carbonyl (C=O) groups is 1. The summed E-state index contributed by atoms with van der Waals surface area (Å²) < 4.78 is 45.2. The minimum Gasteiger partial charge on any atom is -0.466 e. The lowest BCUT2D eigenvalue weighted by Gasteiger charge is -2.17. The predicted octanol–water partition coefficient (Wildman–Crippen LogP) is 2.54. The molecule has 4 nitrogen and oxygen atoms in total. The summed E-state index contributed by atoms with van der Waals surface area (Å²) in [5, 5.41) is 0. The molecule has 1 aromatic rings. The number of para-hydroxylation sites is 1. The number of alkyl halides is 3. The van der Waals surface area contributed by atoms with Gasteiger partial charge in [0.2, 0.25) is 0 Å². The van der Waals surface area contributed by atoms with Gasteiger partial charge >= 0.3 is 12.3 Å². The van der Waals surface area contributed by atoms with Gasteiger partial charge in [-0.15, -0.1) is 13.2 Å². The number of nitrogens with two attached hydrogens (primary N) is 1. The van der Waals surface area contributed by atoms with E-state index in [1.165, 1.54) is 18.2 Å². The Hall–Kier alpha value is -1.76. The molecule has 2 N–H and O–H groups in total. The zero-order valence-electron chi connectivity index (χ0n) is 10.2. The number of ether oxygens (including phenoxy) is 2. The van der Waals surface area contributed by atoms with Crippen molar-refractivity contribution in [2.45, 2.75) is 25.7 Å². The average Bonchev–Trinajstić information content (AvgIpc) is 2.27.